The molecule has 1 atom stereocenters. The molecule has 1 aliphatic heterocycles. The van der Waals surface area contributed by atoms with Crippen molar-refractivity contribution in [3.63, 3.8) is 0 Å². The van der Waals surface area contributed by atoms with E-state index in [2.05, 4.69) is 10.3 Å². The Morgan fingerprint density at radius 3 is 3.06 bits per heavy atom. The molecule has 0 aromatic carbocycles. The Kier molecular flexibility index (Phi) is 4.03. The van der Waals surface area contributed by atoms with Gasteiger partial charge in [-0.1, -0.05) is 11.6 Å². The minimum absolute atomic E-state index is 0.0243. The number of thioether (sulfide) groups is 1. The molecule has 1 N–H and O–H groups in total. The molecule has 0 saturated carbocycles. The van der Waals surface area contributed by atoms with Gasteiger partial charge in [0.1, 0.15) is 11.3 Å². The van der Waals surface area contributed by atoms with E-state index in [4.69, 9.17) is 11.6 Å². The first-order chi connectivity index (χ1) is 8.58. The third kappa shape index (κ3) is 2.91. The van der Waals surface area contributed by atoms with Gasteiger partial charge in [-0.3, -0.25) is 14.9 Å². The summed E-state index contributed by atoms with van der Waals surface area (Å²) in [5.74, 6) is 1.45. The Balaban J connectivity index is 2.17. The third-order valence-electron chi connectivity index (χ3n) is 2.54. The number of nitrogens with zero attached hydrogens (tertiary/aromatic N) is 2. The summed E-state index contributed by atoms with van der Waals surface area (Å²) in [6.45, 7) is 0. The fraction of sp³-hybridized carbons (Fsp3) is 0.400. The third-order valence-corrected chi connectivity index (χ3v) is 4.01. The molecule has 1 amide bonds. The fourth-order valence-electron chi connectivity index (χ4n) is 1.61. The molecule has 2 heterocycles. The van der Waals surface area contributed by atoms with Gasteiger partial charge in [0.25, 0.3) is 11.6 Å². The number of carbonyl (C=O) groups is 1. The summed E-state index contributed by atoms with van der Waals surface area (Å²) in [6, 6.07) is 1.24. The van der Waals surface area contributed by atoms with Crippen molar-refractivity contribution in [2.75, 3.05) is 11.5 Å². The van der Waals surface area contributed by atoms with E-state index in [0.29, 0.717) is 0 Å². The van der Waals surface area contributed by atoms with E-state index in [-0.39, 0.29) is 22.4 Å². The second-order valence-electron chi connectivity index (χ2n) is 3.82. The van der Waals surface area contributed by atoms with E-state index in [0.717, 1.165) is 30.2 Å². The molecule has 8 heteroatoms. The van der Waals surface area contributed by atoms with Crippen LogP contribution in [0.5, 0.6) is 0 Å². The highest BCUT2D eigenvalue weighted by molar-refractivity contribution is 7.99. The highest BCUT2D eigenvalue weighted by atomic mass is 35.5. The van der Waals surface area contributed by atoms with Crippen molar-refractivity contribution in [2.24, 2.45) is 0 Å². The second-order valence-corrected chi connectivity index (χ2v) is 5.33. The molecule has 1 unspecified atom stereocenters. The normalized spacial score (nSPS) is 18.6. The van der Waals surface area contributed by atoms with E-state index >= 15 is 0 Å². The predicted octanol–water partition coefficient (Wildman–Crippen LogP) is 1.88. The van der Waals surface area contributed by atoms with Gasteiger partial charge in [-0.2, -0.15) is 11.8 Å². The number of halogens is 1. The van der Waals surface area contributed by atoms with E-state index in [1.54, 1.807) is 11.8 Å². The zero-order valence-corrected chi connectivity index (χ0v) is 10.8. The van der Waals surface area contributed by atoms with Gasteiger partial charge in [0, 0.05) is 17.9 Å². The monoisotopic (exact) mass is 287 g/mol. The van der Waals surface area contributed by atoms with Crippen molar-refractivity contribution in [3.05, 3.63) is 33.1 Å². The van der Waals surface area contributed by atoms with Crippen LogP contribution < -0.4 is 5.32 Å². The average molecular weight is 288 g/mol. The number of aromatic nitrogens is 1. The lowest BCUT2D eigenvalue weighted by Gasteiger charge is -2.11. The first-order valence-corrected chi connectivity index (χ1v) is 6.79. The van der Waals surface area contributed by atoms with Crippen molar-refractivity contribution >= 4 is 35.0 Å². The van der Waals surface area contributed by atoms with E-state index in [9.17, 15) is 14.9 Å². The Morgan fingerprint density at radius 2 is 2.44 bits per heavy atom. The van der Waals surface area contributed by atoms with Gasteiger partial charge < -0.3 is 5.32 Å². The summed E-state index contributed by atoms with van der Waals surface area (Å²) in [7, 11) is 0. The maximum Gasteiger partial charge on any atom is 0.288 e. The molecule has 1 aromatic heterocycles. The van der Waals surface area contributed by atoms with Crippen LogP contribution in [-0.4, -0.2) is 33.4 Å². The van der Waals surface area contributed by atoms with Crippen molar-refractivity contribution in [3.8, 4) is 0 Å². The number of pyridine rings is 1. The summed E-state index contributed by atoms with van der Waals surface area (Å²) in [6.07, 6.45) is 1.93. The standard InChI is InChI=1S/C10H10ClN3O3S/c11-9-8(3-7(4-12-9)14(16)17)10(15)13-6-1-2-18-5-6/h3-4,6H,1-2,5H2,(H,13,15). The SMILES string of the molecule is O=C(NC1CCSC1)c1cc([N+](=O)[O-])cnc1Cl. The summed E-state index contributed by atoms with van der Waals surface area (Å²) < 4.78 is 0. The van der Waals surface area contributed by atoms with Gasteiger partial charge in [0.05, 0.1) is 10.5 Å². The largest absolute Gasteiger partial charge is 0.348 e. The van der Waals surface area contributed by atoms with Crippen LogP contribution in [0.3, 0.4) is 0 Å². The molecule has 1 saturated heterocycles. The van der Waals surface area contributed by atoms with Crippen molar-refractivity contribution in [1.29, 1.82) is 0 Å². The quantitative estimate of drug-likeness (QED) is 0.521. The highest BCUT2D eigenvalue weighted by Crippen LogP contribution is 2.21. The maximum atomic E-state index is 11.9. The van der Waals surface area contributed by atoms with Crippen LogP contribution in [0.4, 0.5) is 5.69 Å². The average Bonchev–Trinajstić information content (AvgIpc) is 2.81. The topological polar surface area (TPSA) is 85.1 Å². The molecule has 96 valence electrons. The van der Waals surface area contributed by atoms with Crippen LogP contribution in [0.15, 0.2) is 12.3 Å². The summed E-state index contributed by atoms with van der Waals surface area (Å²) >= 11 is 7.54. The van der Waals surface area contributed by atoms with Crippen LogP contribution in [0.2, 0.25) is 5.15 Å². The summed E-state index contributed by atoms with van der Waals surface area (Å²) in [5, 5.41) is 13.4. The van der Waals surface area contributed by atoms with Crippen LogP contribution in [-0.2, 0) is 0 Å². The van der Waals surface area contributed by atoms with Gasteiger partial charge in [-0.05, 0) is 12.2 Å². The van der Waals surface area contributed by atoms with Gasteiger partial charge in [-0.25, -0.2) is 4.98 Å². The Bertz CT molecular complexity index is 491. The van der Waals surface area contributed by atoms with Gasteiger partial charge in [0.2, 0.25) is 0 Å². The molecule has 1 aliphatic rings. The van der Waals surface area contributed by atoms with Gasteiger partial charge >= 0.3 is 0 Å². The molecule has 1 aromatic rings. The lowest BCUT2D eigenvalue weighted by Crippen LogP contribution is -2.34. The number of nitrogens with one attached hydrogen (secondary N) is 1. The summed E-state index contributed by atoms with van der Waals surface area (Å²) in [5.41, 5.74) is -0.201. The van der Waals surface area contributed by atoms with Crippen LogP contribution in [0, 0.1) is 10.1 Å². The molecule has 1 fully saturated rings. The lowest BCUT2D eigenvalue weighted by molar-refractivity contribution is -0.385. The van der Waals surface area contributed by atoms with Crippen molar-refractivity contribution in [2.45, 2.75) is 12.5 Å². The zero-order chi connectivity index (χ0) is 13.1. The Labute approximate surface area is 112 Å². The Morgan fingerprint density at radius 1 is 1.67 bits per heavy atom. The molecule has 0 spiro atoms. The van der Waals surface area contributed by atoms with Gasteiger partial charge in [0.15, 0.2) is 0 Å². The molecule has 18 heavy (non-hydrogen) atoms. The van der Waals surface area contributed by atoms with Crippen LogP contribution in [0.1, 0.15) is 16.8 Å². The Hall–Kier alpha value is -1.34. The minimum atomic E-state index is -0.606. The number of nitro groups is 1. The molecular formula is C10H10ClN3O3S. The van der Waals surface area contributed by atoms with Crippen molar-refractivity contribution < 1.29 is 9.72 Å². The van der Waals surface area contributed by atoms with Gasteiger partial charge in [-0.15, -0.1) is 0 Å². The number of amides is 1. The number of rotatable bonds is 3. The first kappa shape index (κ1) is 13.1. The van der Waals surface area contributed by atoms with E-state index < -0.39 is 10.8 Å². The molecule has 0 aliphatic carbocycles. The number of hydrogen-bond donors (Lipinski definition) is 1. The summed E-state index contributed by atoms with van der Waals surface area (Å²) in [4.78, 5) is 25.6. The van der Waals surface area contributed by atoms with Crippen LogP contribution in [0.25, 0.3) is 0 Å². The van der Waals surface area contributed by atoms with E-state index in [1.165, 1.54) is 0 Å². The molecule has 2 rings (SSSR count). The van der Waals surface area contributed by atoms with Crippen LogP contribution >= 0.6 is 23.4 Å². The second kappa shape index (κ2) is 5.53. The zero-order valence-electron chi connectivity index (χ0n) is 9.26. The predicted molar refractivity (Wildman–Crippen MR) is 69.1 cm³/mol. The highest BCUT2D eigenvalue weighted by Gasteiger charge is 2.22. The maximum absolute atomic E-state index is 11.9. The minimum Gasteiger partial charge on any atom is -0.348 e. The number of hydrogen-bond acceptors (Lipinski definition) is 5. The van der Waals surface area contributed by atoms with Crippen molar-refractivity contribution in [1.82, 2.24) is 10.3 Å². The molecule has 6 nitrogen and oxygen atoms in total. The fourth-order valence-corrected chi connectivity index (χ4v) is 2.95. The molecule has 0 radical (unpaired) electrons. The molecule has 0 bridgehead atoms. The van der Waals surface area contributed by atoms with E-state index in [1.807, 2.05) is 0 Å². The number of carbonyl (C=O) groups excluding carboxylic acids is 1. The first-order valence-electron chi connectivity index (χ1n) is 5.26. The molecular weight excluding hydrogens is 278 g/mol. The lowest BCUT2D eigenvalue weighted by atomic mass is 10.2. The smallest absolute Gasteiger partial charge is 0.288 e.